The van der Waals surface area contributed by atoms with Crippen molar-refractivity contribution in [2.45, 2.75) is 45.3 Å². The summed E-state index contributed by atoms with van der Waals surface area (Å²) in [6.45, 7) is 0.458. The first-order valence-corrected chi connectivity index (χ1v) is 9.68. The van der Waals surface area contributed by atoms with Crippen LogP contribution in [-0.4, -0.2) is 26.2 Å². The number of carbonyl (C=O) groups is 2. The van der Waals surface area contributed by atoms with Gasteiger partial charge in [-0.05, 0) is 48.2 Å². The van der Waals surface area contributed by atoms with E-state index in [1.807, 2.05) is 48.5 Å². The first kappa shape index (κ1) is 22.3. The van der Waals surface area contributed by atoms with Gasteiger partial charge >= 0.3 is 11.9 Å². The number of hydrogen-bond acceptors (Lipinski definition) is 6. The van der Waals surface area contributed by atoms with Gasteiger partial charge in [-0.25, -0.2) is 0 Å². The third-order valence-corrected chi connectivity index (χ3v) is 4.33. The van der Waals surface area contributed by atoms with Crippen LogP contribution in [0.5, 0.6) is 11.5 Å². The topological polar surface area (TPSA) is 71.1 Å². The highest BCUT2D eigenvalue weighted by atomic mass is 16.5. The Hall–Kier alpha value is -3.02. The molecule has 156 valence electrons. The molecule has 0 aromatic heterocycles. The quantitative estimate of drug-likeness (QED) is 0.387. The second kappa shape index (κ2) is 12.4. The van der Waals surface area contributed by atoms with E-state index in [0.717, 1.165) is 29.0 Å². The van der Waals surface area contributed by atoms with E-state index >= 15 is 0 Å². The molecule has 2 rings (SSSR count). The Balaban J connectivity index is 1.54. The minimum Gasteiger partial charge on any atom is -0.497 e. The molecule has 2 aromatic carbocycles. The molecule has 0 atom stereocenters. The second-order valence-corrected chi connectivity index (χ2v) is 6.59. The second-order valence-electron chi connectivity index (χ2n) is 6.59. The van der Waals surface area contributed by atoms with Crippen molar-refractivity contribution >= 4 is 11.9 Å². The predicted octanol–water partition coefficient (Wildman–Crippen LogP) is 4.44. The third-order valence-electron chi connectivity index (χ3n) is 4.33. The lowest BCUT2D eigenvalue weighted by atomic mass is 10.1. The fourth-order valence-corrected chi connectivity index (χ4v) is 2.71. The van der Waals surface area contributed by atoms with Crippen molar-refractivity contribution in [3.05, 3.63) is 59.7 Å². The molecular formula is C23H28O6. The van der Waals surface area contributed by atoms with E-state index in [1.54, 1.807) is 14.2 Å². The van der Waals surface area contributed by atoms with E-state index in [4.69, 9.17) is 18.9 Å². The first-order valence-electron chi connectivity index (χ1n) is 9.68. The molecule has 0 N–H and O–H groups in total. The number of hydrogen-bond donors (Lipinski definition) is 0. The van der Waals surface area contributed by atoms with E-state index in [0.29, 0.717) is 25.7 Å². The van der Waals surface area contributed by atoms with Gasteiger partial charge in [0.1, 0.15) is 24.7 Å². The number of methoxy groups -OCH3 is 2. The van der Waals surface area contributed by atoms with Gasteiger partial charge in [0.15, 0.2) is 0 Å². The molecule has 0 aliphatic heterocycles. The summed E-state index contributed by atoms with van der Waals surface area (Å²) >= 11 is 0. The minimum atomic E-state index is -0.242. The summed E-state index contributed by atoms with van der Waals surface area (Å²) in [6, 6.07) is 14.8. The lowest BCUT2D eigenvalue weighted by Gasteiger charge is -2.07. The zero-order valence-electron chi connectivity index (χ0n) is 17.0. The third kappa shape index (κ3) is 8.68. The molecule has 0 saturated carbocycles. The van der Waals surface area contributed by atoms with Gasteiger partial charge in [-0.2, -0.15) is 0 Å². The number of benzene rings is 2. The van der Waals surface area contributed by atoms with Crippen LogP contribution in [0.1, 0.15) is 43.2 Å². The van der Waals surface area contributed by atoms with Crippen molar-refractivity contribution < 1.29 is 28.5 Å². The zero-order valence-corrected chi connectivity index (χ0v) is 17.0. The van der Waals surface area contributed by atoms with Crippen LogP contribution in [0.15, 0.2) is 48.5 Å². The number of ether oxygens (including phenoxy) is 4. The van der Waals surface area contributed by atoms with Gasteiger partial charge in [0.2, 0.25) is 0 Å². The van der Waals surface area contributed by atoms with Gasteiger partial charge in [-0.3, -0.25) is 9.59 Å². The standard InChI is InChI=1S/C23H28O6/c1-26-20-10-6-8-18(14-20)16-28-22(24)12-4-3-5-13-23(25)29-17-19-9-7-11-21(15-19)27-2/h6-11,14-15H,3-5,12-13,16-17H2,1-2H3. The van der Waals surface area contributed by atoms with Gasteiger partial charge in [-0.15, -0.1) is 0 Å². The Kier molecular flexibility index (Phi) is 9.55. The normalized spacial score (nSPS) is 10.3. The maximum atomic E-state index is 11.8. The summed E-state index contributed by atoms with van der Waals surface area (Å²) < 4.78 is 20.8. The zero-order chi connectivity index (χ0) is 20.9. The summed E-state index contributed by atoms with van der Waals surface area (Å²) in [5.74, 6) is 0.982. The lowest BCUT2D eigenvalue weighted by molar-refractivity contribution is -0.145. The SMILES string of the molecule is COc1cccc(COC(=O)CCCCCC(=O)OCc2cccc(OC)c2)c1. The smallest absolute Gasteiger partial charge is 0.306 e. The largest absolute Gasteiger partial charge is 0.497 e. The number of unbranched alkanes of at least 4 members (excludes halogenated alkanes) is 2. The van der Waals surface area contributed by atoms with Gasteiger partial charge in [0.25, 0.3) is 0 Å². The summed E-state index contributed by atoms with van der Waals surface area (Å²) in [6.07, 6.45) is 2.80. The van der Waals surface area contributed by atoms with Crippen LogP contribution in [0.2, 0.25) is 0 Å². The van der Waals surface area contributed by atoms with E-state index in [1.165, 1.54) is 0 Å². The molecule has 6 nitrogen and oxygen atoms in total. The molecule has 0 aliphatic carbocycles. The van der Waals surface area contributed by atoms with Gasteiger partial charge in [0.05, 0.1) is 14.2 Å². The van der Waals surface area contributed by atoms with Gasteiger partial charge in [0, 0.05) is 12.8 Å². The monoisotopic (exact) mass is 400 g/mol. The Labute approximate surface area is 171 Å². The molecule has 0 unspecified atom stereocenters. The number of esters is 2. The van der Waals surface area contributed by atoms with Gasteiger partial charge in [-0.1, -0.05) is 30.7 Å². The fraction of sp³-hybridized carbons (Fsp3) is 0.391. The lowest BCUT2D eigenvalue weighted by Crippen LogP contribution is -2.06. The summed E-state index contributed by atoms with van der Waals surface area (Å²) in [5, 5.41) is 0. The van der Waals surface area contributed by atoms with Crippen LogP contribution in [0, 0.1) is 0 Å². The number of rotatable bonds is 12. The maximum Gasteiger partial charge on any atom is 0.306 e. The van der Waals surface area contributed by atoms with Crippen LogP contribution in [0.4, 0.5) is 0 Å². The van der Waals surface area contributed by atoms with E-state index in [2.05, 4.69) is 0 Å². The van der Waals surface area contributed by atoms with E-state index in [-0.39, 0.29) is 25.2 Å². The average molecular weight is 400 g/mol. The Bertz CT molecular complexity index is 721. The van der Waals surface area contributed by atoms with Crippen LogP contribution in [0.25, 0.3) is 0 Å². The highest BCUT2D eigenvalue weighted by molar-refractivity contribution is 5.70. The Morgan fingerprint density at radius 3 is 1.55 bits per heavy atom. The van der Waals surface area contributed by atoms with E-state index < -0.39 is 0 Å². The highest BCUT2D eigenvalue weighted by Crippen LogP contribution is 2.15. The molecule has 29 heavy (non-hydrogen) atoms. The molecule has 0 aliphatic rings. The Morgan fingerprint density at radius 2 is 1.14 bits per heavy atom. The van der Waals surface area contributed by atoms with Crippen LogP contribution in [-0.2, 0) is 32.3 Å². The summed E-state index contributed by atoms with van der Waals surface area (Å²) in [5.41, 5.74) is 1.77. The molecule has 0 amide bonds. The van der Waals surface area contributed by atoms with Crippen LogP contribution < -0.4 is 9.47 Å². The molecule has 0 spiro atoms. The average Bonchev–Trinajstić information content (AvgIpc) is 2.76. The van der Waals surface area contributed by atoms with Crippen LogP contribution in [0.3, 0.4) is 0 Å². The van der Waals surface area contributed by atoms with Crippen molar-refractivity contribution in [2.24, 2.45) is 0 Å². The van der Waals surface area contributed by atoms with Gasteiger partial charge < -0.3 is 18.9 Å². The molecule has 2 aromatic rings. The fourth-order valence-electron chi connectivity index (χ4n) is 2.71. The molecule has 6 heteroatoms. The van der Waals surface area contributed by atoms with Crippen molar-refractivity contribution in [1.29, 1.82) is 0 Å². The molecular weight excluding hydrogens is 372 g/mol. The van der Waals surface area contributed by atoms with E-state index in [9.17, 15) is 9.59 Å². The molecule has 0 fully saturated rings. The minimum absolute atomic E-state index is 0.229. The molecule has 0 heterocycles. The molecule has 0 saturated heterocycles. The van der Waals surface area contributed by atoms with Crippen LogP contribution >= 0.6 is 0 Å². The predicted molar refractivity (Wildman–Crippen MR) is 109 cm³/mol. The number of carbonyl (C=O) groups excluding carboxylic acids is 2. The van der Waals surface area contributed by atoms with Crippen molar-refractivity contribution in [1.82, 2.24) is 0 Å². The first-order chi connectivity index (χ1) is 14.1. The molecule has 0 radical (unpaired) electrons. The maximum absolute atomic E-state index is 11.8. The summed E-state index contributed by atoms with van der Waals surface area (Å²) in [7, 11) is 3.19. The van der Waals surface area contributed by atoms with Crippen molar-refractivity contribution in [3.8, 4) is 11.5 Å². The van der Waals surface area contributed by atoms with Crippen molar-refractivity contribution in [3.63, 3.8) is 0 Å². The highest BCUT2D eigenvalue weighted by Gasteiger charge is 2.07. The molecule has 0 bridgehead atoms. The Morgan fingerprint density at radius 1 is 0.690 bits per heavy atom. The van der Waals surface area contributed by atoms with Crippen molar-refractivity contribution in [2.75, 3.05) is 14.2 Å². The summed E-state index contributed by atoms with van der Waals surface area (Å²) in [4.78, 5) is 23.6.